The number of aromatic nitrogens is 2. The summed E-state index contributed by atoms with van der Waals surface area (Å²) in [6.45, 7) is 2.66. The molecule has 2 aromatic rings. The van der Waals surface area contributed by atoms with Crippen molar-refractivity contribution < 1.29 is 4.79 Å². The van der Waals surface area contributed by atoms with Gasteiger partial charge in [-0.15, -0.1) is 0 Å². The summed E-state index contributed by atoms with van der Waals surface area (Å²) >= 11 is 0. The van der Waals surface area contributed by atoms with Crippen LogP contribution >= 0.6 is 0 Å². The summed E-state index contributed by atoms with van der Waals surface area (Å²) in [5.74, 6) is 0.594. The molecule has 1 heterocycles. The summed E-state index contributed by atoms with van der Waals surface area (Å²) in [6.07, 6.45) is 6.60. The van der Waals surface area contributed by atoms with Gasteiger partial charge in [0, 0.05) is 35.8 Å². The molecule has 1 aromatic carbocycles. The summed E-state index contributed by atoms with van der Waals surface area (Å²) < 4.78 is 0. The van der Waals surface area contributed by atoms with Crippen molar-refractivity contribution in [1.82, 2.24) is 14.9 Å². The maximum absolute atomic E-state index is 11.9. The van der Waals surface area contributed by atoms with E-state index in [4.69, 9.17) is 0 Å². The molecule has 120 valence electrons. The van der Waals surface area contributed by atoms with Crippen molar-refractivity contribution in [2.24, 2.45) is 0 Å². The lowest BCUT2D eigenvalue weighted by molar-refractivity contribution is -0.111. The molecule has 0 aliphatic carbocycles. The molecule has 0 atom stereocenters. The lowest BCUT2D eigenvalue weighted by atomic mass is 10.2. The second-order valence-corrected chi connectivity index (χ2v) is 5.41. The Labute approximate surface area is 136 Å². The van der Waals surface area contributed by atoms with Crippen LogP contribution in [0.25, 0.3) is 0 Å². The first-order chi connectivity index (χ1) is 11.0. The standard InChI is InChI=1S/C17H21N5O/c1-13-11-18-12-19-17(13)21-15-7-4-6-14(10-15)20-16(23)8-5-9-22(2)3/h4-8,10-12H,9H2,1-3H3,(H,20,23)(H,18,19,21)/b8-5+. The number of nitrogens with zero attached hydrogens (tertiary/aromatic N) is 3. The van der Waals surface area contributed by atoms with Gasteiger partial charge in [0.1, 0.15) is 12.1 Å². The van der Waals surface area contributed by atoms with E-state index in [1.165, 1.54) is 12.4 Å². The Morgan fingerprint density at radius 2 is 2.09 bits per heavy atom. The fourth-order valence-electron chi connectivity index (χ4n) is 1.90. The molecule has 0 spiro atoms. The number of hydrogen-bond donors (Lipinski definition) is 2. The molecule has 0 bridgehead atoms. The first-order valence-corrected chi connectivity index (χ1v) is 7.30. The maximum Gasteiger partial charge on any atom is 0.248 e. The van der Waals surface area contributed by atoms with Crippen LogP contribution in [0.2, 0.25) is 0 Å². The molecular formula is C17H21N5O. The molecule has 0 saturated heterocycles. The average molecular weight is 311 g/mol. The third-order valence-electron chi connectivity index (χ3n) is 3.03. The van der Waals surface area contributed by atoms with Crippen LogP contribution in [0.15, 0.2) is 48.9 Å². The Bertz CT molecular complexity index is 697. The summed E-state index contributed by atoms with van der Waals surface area (Å²) in [4.78, 5) is 22.0. The van der Waals surface area contributed by atoms with Gasteiger partial charge in [-0.1, -0.05) is 12.1 Å². The Morgan fingerprint density at radius 1 is 1.30 bits per heavy atom. The van der Waals surface area contributed by atoms with Gasteiger partial charge in [0.2, 0.25) is 5.91 Å². The molecule has 6 heteroatoms. The minimum Gasteiger partial charge on any atom is -0.340 e. The zero-order valence-electron chi connectivity index (χ0n) is 13.6. The fourth-order valence-corrected chi connectivity index (χ4v) is 1.90. The van der Waals surface area contributed by atoms with Crippen LogP contribution < -0.4 is 10.6 Å². The van der Waals surface area contributed by atoms with Crippen molar-refractivity contribution in [2.45, 2.75) is 6.92 Å². The maximum atomic E-state index is 11.9. The van der Waals surface area contributed by atoms with E-state index < -0.39 is 0 Å². The summed E-state index contributed by atoms with van der Waals surface area (Å²) in [5.41, 5.74) is 2.52. The highest BCUT2D eigenvalue weighted by Crippen LogP contribution is 2.20. The van der Waals surface area contributed by atoms with E-state index in [2.05, 4.69) is 20.6 Å². The highest BCUT2D eigenvalue weighted by molar-refractivity contribution is 5.99. The molecule has 0 fully saturated rings. The lowest BCUT2D eigenvalue weighted by Crippen LogP contribution is -2.13. The molecule has 2 rings (SSSR count). The Morgan fingerprint density at radius 3 is 2.83 bits per heavy atom. The van der Waals surface area contributed by atoms with Crippen molar-refractivity contribution in [2.75, 3.05) is 31.3 Å². The Hall–Kier alpha value is -2.73. The Kier molecular flexibility index (Phi) is 5.82. The minimum absolute atomic E-state index is 0.151. The lowest BCUT2D eigenvalue weighted by Gasteiger charge is -2.09. The second kappa shape index (κ2) is 8.05. The van der Waals surface area contributed by atoms with Gasteiger partial charge in [-0.2, -0.15) is 0 Å². The zero-order chi connectivity index (χ0) is 16.7. The predicted molar refractivity (Wildman–Crippen MR) is 92.8 cm³/mol. The number of likely N-dealkylation sites (N-methyl/N-ethyl adjacent to an activating group) is 1. The summed E-state index contributed by atoms with van der Waals surface area (Å²) in [7, 11) is 3.90. The molecule has 0 unspecified atom stereocenters. The van der Waals surface area contributed by atoms with Crippen LogP contribution in [-0.4, -0.2) is 41.4 Å². The topological polar surface area (TPSA) is 70.1 Å². The van der Waals surface area contributed by atoms with Crippen molar-refractivity contribution >= 4 is 23.1 Å². The van der Waals surface area contributed by atoms with Crippen molar-refractivity contribution in [3.8, 4) is 0 Å². The van der Waals surface area contributed by atoms with Crippen LogP contribution in [0.5, 0.6) is 0 Å². The summed E-state index contributed by atoms with van der Waals surface area (Å²) in [6, 6.07) is 7.49. The van der Waals surface area contributed by atoms with E-state index in [0.29, 0.717) is 0 Å². The Balaban J connectivity index is 2.01. The monoisotopic (exact) mass is 311 g/mol. The van der Waals surface area contributed by atoms with Gasteiger partial charge in [0.25, 0.3) is 0 Å². The fraction of sp³-hybridized carbons (Fsp3) is 0.235. The average Bonchev–Trinajstić information content (AvgIpc) is 2.49. The molecule has 0 radical (unpaired) electrons. The first-order valence-electron chi connectivity index (χ1n) is 7.30. The van der Waals surface area contributed by atoms with Crippen LogP contribution in [0, 0.1) is 6.92 Å². The van der Waals surface area contributed by atoms with Crippen LogP contribution in [0.4, 0.5) is 17.2 Å². The number of amides is 1. The molecule has 0 aliphatic rings. The van der Waals surface area contributed by atoms with E-state index in [-0.39, 0.29) is 5.91 Å². The smallest absolute Gasteiger partial charge is 0.248 e. The van der Waals surface area contributed by atoms with E-state index in [9.17, 15) is 4.79 Å². The number of nitrogens with one attached hydrogen (secondary N) is 2. The van der Waals surface area contributed by atoms with Gasteiger partial charge in [-0.05, 0) is 39.2 Å². The number of carbonyl (C=O) groups excluding carboxylic acids is 1. The third-order valence-corrected chi connectivity index (χ3v) is 3.03. The van der Waals surface area contributed by atoms with E-state index in [1.807, 2.05) is 56.3 Å². The number of aryl methyl sites for hydroxylation is 1. The highest BCUT2D eigenvalue weighted by Gasteiger charge is 2.02. The van der Waals surface area contributed by atoms with E-state index in [0.717, 1.165) is 29.3 Å². The van der Waals surface area contributed by atoms with Gasteiger partial charge in [-0.25, -0.2) is 9.97 Å². The minimum atomic E-state index is -0.151. The molecule has 0 saturated carbocycles. The van der Waals surface area contributed by atoms with Crippen molar-refractivity contribution in [3.63, 3.8) is 0 Å². The van der Waals surface area contributed by atoms with E-state index in [1.54, 1.807) is 6.20 Å². The predicted octanol–water partition coefficient (Wildman–Crippen LogP) is 2.58. The van der Waals surface area contributed by atoms with Gasteiger partial charge < -0.3 is 15.5 Å². The van der Waals surface area contributed by atoms with Gasteiger partial charge >= 0.3 is 0 Å². The van der Waals surface area contributed by atoms with Crippen LogP contribution in [-0.2, 0) is 4.79 Å². The SMILES string of the molecule is Cc1cncnc1Nc1cccc(NC(=O)/C=C/CN(C)C)c1. The van der Waals surface area contributed by atoms with Gasteiger partial charge in [0.05, 0.1) is 0 Å². The number of hydrogen-bond acceptors (Lipinski definition) is 5. The number of benzene rings is 1. The summed E-state index contributed by atoms with van der Waals surface area (Å²) in [5, 5.41) is 6.06. The zero-order valence-corrected chi connectivity index (χ0v) is 13.6. The molecule has 0 aliphatic heterocycles. The molecule has 2 N–H and O–H groups in total. The number of rotatable bonds is 6. The normalized spacial score (nSPS) is 11.0. The molecule has 6 nitrogen and oxygen atoms in total. The van der Waals surface area contributed by atoms with Crippen LogP contribution in [0.1, 0.15) is 5.56 Å². The number of anilines is 3. The molecular weight excluding hydrogens is 290 g/mol. The van der Waals surface area contributed by atoms with Crippen molar-refractivity contribution in [3.05, 3.63) is 54.5 Å². The van der Waals surface area contributed by atoms with Gasteiger partial charge in [-0.3, -0.25) is 4.79 Å². The number of carbonyl (C=O) groups is 1. The van der Waals surface area contributed by atoms with Gasteiger partial charge in [0.15, 0.2) is 0 Å². The van der Waals surface area contributed by atoms with Crippen molar-refractivity contribution in [1.29, 1.82) is 0 Å². The largest absolute Gasteiger partial charge is 0.340 e. The second-order valence-electron chi connectivity index (χ2n) is 5.41. The first kappa shape index (κ1) is 16.6. The van der Waals surface area contributed by atoms with Crippen LogP contribution in [0.3, 0.4) is 0 Å². The quantitative estimate of drug-likeness (QED) is 0.802. The highest BCUT2D eigenvalue weighted by atomic mass is 16.1. The third kappa shape index (κ3) is 5.52. The van der Waals surface area contributed by atoms with E-state index >= 15 is 0 Å². The molecule has 23 heavy (non-hydrogen) atoms. The molecule has 1 amide bonds. The molecule has 1 aromatic heterocycles.